The van der Waals surface area contributed by atoms with E-state index < -0.39 is 11.5 Å². The number of hydrogen-bond donors (Lipinski definition) is 2. The van der Waals surface area contributed by atoms with Gasteiger partial charge in [-0.3, -0.25) is 9.59 Å². The van der Waals surface area contributed by atoms with Crippen molar-refractivity contribution in [3.63, 3.8) is 0 Å². The maximum Gasteiger partial charge on any atom is 0.276 e. The van der Waals surface area contributed by atoms with E-state index in [2.05, 4.69) is 20.6 Å². The molecule has 31 heavy (non-hydrogen) atoms. The first kappa shape index (κ1) is 20.1. The lowest BCUT2D eigenvalue weighted by Gasteiger charge is -2.10. The lowest BCUT2D eigenvalue weighted by Crippen LogP contribution is -2.27. The fraction of sp³-hybridized carbons (Fsp3) is 0.182. The third kappa shape index (κ3) is 4.11. The zero-order valence-corrected chi connectivity index (χ0v) is 17.1. The molecule has 4 aromatic rings. The first-order valence-electron chi connectivity index (χ1n) is 9.63. The van der Waals surface area contributed by atoms with E-state index in [1.165, 1.54) is 4.52 Å². The van der Waals surface area contributed by atoms with Crippen molar-refractivity contribution in [3.05, 3.63) is 76.3 Å². The van der Waals surface area contributed by atoms with Crippen molar-refractivity contribution in [1.29, 1.82) is 0 Å². The van der Waals surface area contributed by atoms with E-state index >= 15 is 0 Å². The number of rotatable bonds is 7. The minimum atomic E-state index is -0.464. The molecule has 0 saturated carbocycles. The van der Waals surface area contributed by atoms with Crippen LogP contribution in [0.25, 0.3) is 16.8 Å². The van der Waals surface area contributed by atoms with Crippen LogP contribution in [0.5, 0.6) is 11.5 Å². The third-order valence-electron chi connectivity index (χ3n) is 4.86. The maximum absolute atomic E-state index is 12.6. The molecule has 0 unspecified atom stereocenters. The Morgan fingerprint density at radius 2 is 1.87 bits per heavy atom. The summed E-state index contributed by atoms with van der Waals surface area (Å²) in [5.74, 6) is 0.796. The second-order valence-corrected chi connectivity index (χ2v) is 6.79. The minimum Gasteiger partial charge on any atom is -0.493 e. The van der Waals surface area contributed by atoms with E-state index in [0.717, 1.165) is 11.1 Å². The maximum atomic E-state index is 12.6. The average Bonchev–Trinajstić information content (AvgIpc) is 3.24. The molecule has 158 valence electrons. The van der Waals surface area contributed by atoms with Gasteiger partial charge in [-0.25, -0.2) is 4.52 Å². The summed E-state index contributed by atoms with van der Waals surface area (Å²) in [6.07, 6.45) is 2.21. The number of fused-ring (bicyclic) bond motifs is 1. The van der Waals surface area contributed by atoms with Crippen molar-refractivity contribution in [2.24, 2.45) is 0 Å². The number of H-pyrrole nitrogens is 1. The Kier molecular flexibility index (Phi) is 5.65. The molecule has 0 aliphatic carbocycles. The lowest BCUT2D eigenvalue weighted by molar-refractivity contribution is 0.0950. The predicted molar refractivity (Wildman–Crippen MR) is 115 cm³/mol. The molecule has 0 saturated heterocycles. The Bertz CT molecular complexity index is 1280. The van der Waals surface area contributed by atoms with Crippen molar-refractivity contribution < 1.29 is 14.3 Å². The largest absolute Gasteiger partial charge is 0.493 e. The Labute approximate surface area is 177 Å². The molecular formula is C22H21N5O4. The van der Waals surface area contributed by atoms with Crippen LogP contribution in [0.2, 0.25) is 0 Å². The molecule has 9 heteroatoms. The van der Waals surface area contributed by atoms with Gasteiger partial charge in [0, 0.05) is 6.54 Å². The quantitative estimate of drug-likeness (QED) is 0.475. The Morgan fingerprint density at radius 1 is 1.10 bits per heavy atom. The molecule has 4 rings (SSSR count). The molecule has 1 amide bonds. The van der Waals surface area contributed by atoms with Gasteiger partial charge in [-0.15, -0.1) is 5.10 Å². The van der Waals surface area contributed by atoms with Crippen LogP contribution in [0.4, 0.5) is 0 Å². The van der Waals surface area contributed by atoms with Gasteiger partial charge in [-0.1, -0.05) is 41.6 Å². The number of aromatic amines is 1. The number of benzene rings is 2. The molecular weight excluding hydrogens is 398 g/mol. The van der Waals surface area contributed by atoms with Crippen LogP contribution in [-0.2, 0) is 6.42 Å². The Balaban J connectivity index is 1.49. The normalized spacial score (nSPS) is 10.8. The van der Waals surface area contributed by atoms with Crippen molar-refractivity contribution in [3.8, 4) is 22.8 Å². The zero-order valence-electron chi connectivity index (χ0n) is 17.1. The van der Waals surface area contributed by atoms with Crippen molar-refractivity contribution >= 4 is 11.4 Å². The van der Waals surface area contributed by atoms with Gasteiger partial charge >= 0.3 is 0 Å². The van der Waals surface area contributed by atoms with E-state index in [-0.39, 0.29) is 11.2 Å². The summed E-state index contributed by atoms with van der Waals surface area (Å²) in [5.41, 5.74) is 2.03. The molecule has 0 radical (unpaired) electrons. The molecule has 0 aliphatic heterocycles. The van der Waals surface area contributed by atoms with Gasteiger partial charge < -0.3 is 19.8 Å². The van der Waals surface area contributed by atoms with E-state index in [1.54, 1.807) is 20.4 Å². The molecule has 2 N–H and O–H groups in total. The van der Waals surface area contributed by atoms with Crippen LogP contribution in [0, 0.1) is 0 Å². The smallest absolute Gasteiger partial charge is 0.276 e. The van der Waals surface area contributed by atoms with E-state index in [9.17, 15) is 9.59 Å². The molecule has 0 spiro atoms. The number of amides is 1. The highest BCUT2D eigenvalue weighted by atomic mass is 16.5. The highest BCUT2D eigenvalue weighted by Crippen LogP contribution is 2.27. The molecule has 0 aliphatic rings. The molecule has 2 heterocycles. The monoisotopic (exact) mass is 419 g/mol. The van der Waals surface area contributed by atoms with Crippen LogP contribution in [0.1, 0.15) is 16.1 Å². The van der Waals surface area contributed by atoms with Crippen LogP contribution >= 0.6 is 0 Å². The fourth-order valence-corrected chi connectivity index (χ4v) is 3.29. The molecule has 9 nitrogen and oxygen atoms in total. The first-order chi connectivity index (χ1) is 15.1. The van der Waals surface area contributed by atoms with Crippen LogP contribution < -0.4 is 20.3 Å². The Hall–Kier alpha value is -4.14. The average molecular weight is 419 g/mol. The highest BCUT2D eigenvalue weighted by molar-refractivity contribution is 5.98. The van der Waals surface area contributed by atoms with Crippen LogP contribution in [-0.4, -0.2) is 46.5 Å². The van der Waals surface area contributed by atoms with E-state index in [0.29, 0.717) is 30.2 Å². The minimum absolute atomic E-state index is 0.0202. The standard InChI is InChI=1S/C22H21N5O4/c1-30-17-9-8-14(12-18(17)31-2)10-11-23-21(28)19-20-22(29)24-16(13-27(20)26-25-19)15-6-4-3-5-7-15/h3-9,12-13H,10-11H2,1-2H3,(H,23,28)(H,24,29). The summed E-state index contributed by atoms with van der Waals surface area (Å²) >= 11 is 0. The summed E-state index contributed by atoms with van der Waals surface area (Å²) in [5, 5.41) is 10.6. The summed E-state index contributed by atoms with van der Waals surface area (Å²) in [6, 6.07) is 14.9. The first-order valence-corrected chi connectivity index (χ1v) is 9.63. The van der Waals surface area contributed by atoms with Crippen molar-refractivity contribution in [2.75, 3.05) is 20.8 Å². The zero-order chi connectivity index (χ0) is 21.8. The van der Waals surface area contributed by atoms with Gasteiger partial charge in [0.15, 0.2) is 22.7 Å². The number of nitrogens with zero attached hydrogens (tertiary/aromatic N) is 3. The number of nitrogens with one attached hydrogen (secondary N) is 2. The number of hydrogen-bond acceptors (Lipinski definition) is 6. The van der Waals surface area contributed by atoms with Gasteiger partial charge in [-0.05, 0) is 29.7 Å². The number of methoxy groups -OCH3 is 2. The van der Waals surface area contributed by atoms with Crippen LogP contribution in [0.15, 0.2) is 59.5 Å². The summed E-state index contributed by atoms with van der Waals surface area (Å²) < 4.78 is 11.8. The van der Waals surface area contributed by atoms with Gasteiger partial charge in [0.1, 0.15) is 0 Å². The number of ether oxygens (including phenoxy) is 2. The van der Waals surface area contributed by atoms with Crippen molar-refractivity contribution in [1.82, 2.24) is 25.1 Å². The van der Waals surface area contributed by atoms with E-state index in [1.807, 2.05) is 48.5 Å². The Morgan fingerprint density at radius 3 is 2.61 bits per heavy atom. The second-order valence-electron chi connectivity index (χ2n) is 6.79. The second kappa shape index (κ2) is 8.70. The van der Waals surface area contributed by atoms with E-state index in [4.69, 9.17) is 9.47 Å². The fourth-order valence-electron chi connectivity index (χ4n) is 3.29. The van der Waals surface area contributed by atoms with Gasteiger partial charge in [-0.2, -0.15) is 0 Å². The lowest BCUT2D eigenvalue weighted by atomic mass is 10.1. The summed E-state index contributed by atoms with van der Waals surface area (Å²) in [6.45, 7) is 0.355. The van der Waals surface area contributed by atoms with Gasteiger partial charge in [0.05, 0.1) is 26.1 Å². The SMILES string of the molecule is COc1ccc(CCNC(=O)c2nnn3cc(-c4ccccc4)[nH]c(=O)c23)cc1OC. The third-order valence-corrected chi connectivity index (χ3v) is 4.86. The number of aromatic nitrogens is 4. The van der Waals surface area contributed by atoms with Gasteiger partial charge in [0.2, 0.25) is 0 Å². The molecule has 0 bridgehead atoms. The highest BCUT2D eigenvalue weighted by Gasteiger charge is 2.18. The molecule has 2 aromatic heterocycles. The number of carbonyl (C=O) groups excluding carboxylic acids is 1. The molecule has 0 fully saturated rings. The van der Waals surface area contributed by atoms with Crippen molar-refractivity contribution in [2.45, 2.75) is 6.42 Å². The predicted octanol–water partition coefficient (Wildman–Crippen LogP) is 2.07. The van der Waals surface area contributed by atoms with Crippen LogP contribution in [0.3, 0.4) is 0 Å². The summed E-state index contributed by atoms with van der Waals surface area (Å²) in [7, 11) is 3.15. The number of carbonyl (C=O) groups is 1. The molecule has 2 aromatic carbocycles. The summed E-state index contributed by atoms with van der Waals surface area (Å²) in [4.78, 5) is 28.0. The topological polar surface area (TPSA) is 111 Å². The molecule has 0 atom stereocenters. The van der Waals surface area contributed by atoms with Gasteiger partial charge in [0.25, 0.3) is 11.5 Å².